The first-order valence-electron chi connectivity index (χ1n) is 7.08. The second kappa shape index (κ2) is 4.57. The van der Waals surface area contributed by atoms with Crippen molar-refractivity contribution < 1.29 is 9.53 Å². The molecule has 0 spiro atoms. The zero-order valence-electron chi connectivity index (χ0n) is 11.5. The van der Waals surface area contributed by atoms with Gasteiger partial charge in [-0.3, -0.25) is 9.69 Å². The second-order valence-electron chi connectivity index (χ2n) is 5.34. The Bertz CT molecular complexity index is 696. The molecule has 0 N–H and O–H groups in total. The number of rotatable bonds is 2. The Morgan fingerprint density at radius 1 is 1.00 bits per heavy atom. The lowest BCUT2D eigenvalue weighted by Crippen LogP contribution is -2.40. The Balaban J connectivity index is 1.80. The summed E-state index contributed by atoms with van der Waals surface area (Å²) in [7, 11) is 0. The van der Waals surface area contributed by atoms with Gasteiger partial charge in [-0.2, -0.15) is 0 Å². The smallest absolute Gasteiger partial charge is 0.249 e. The molecule has 0 aliphatic carbocycles. The molecule has 2 aliphatic rings. The van der Waals surface area contributed by atoms with Crippen LogP contribution in [0.2, 0.25) is 0 Å². The molecule has 4 rings (SSSR count). The van der Waals surface area contributed by atoms with E-state index < -0.39 is 5.72 Å². The SMILES string of the molecule is O=C1C=C[C@@]2(c3ccccc3)OC[C@@H](c3ccccc3)N12. The molecule has 2 aromatic rings. The fraction of sp³-hybridized carbons (Fsp3) is 0.167. The van der Waals surface area contributed by atoms with Crippen molar-refractivity contribution in [1.29, 1.82) is 0 Å². The lowest BCUT2D eigenvalue weighted by molar-refractivity contribution is -0.136. The Morgan fingerprint density at radius 2 is 1.67 bits per heavy atom. The van der Waals surface area contributed by atoms with E-state index in [4.69, 9.17) is 4.74 Å². The van der Waals surface area contributed by atoms with Crippen LogP contribution in [0.15, 0.2) is 72.8 Å². The van der Waals surface area contributed by atoms with Crippen LogP contribution in [-0.4, -0.2) is 17.4 Å². The Labute approximate surface area is 123 Å². The van der Waals surface area contributed by atoms with E-state index in [1.54, 1.807) is 6.08 Å². The van der Waals surface area contributed by atoms with Crippen molar-refractivity contribution >= 4 is 5.91 Å². The van der Waals surface area contributed by atoms with Gasteiger partial charge in [0.2, 0.25) is 5.91 Å². The number of carbonyl (C=O) groups is 1. The van der Waals surface area contributed by atoms with E-state index in [9.17, 15) is 4.79 Å². The van der Waals surface area contributed by atoms with Gasteiger partial charge in [0.25, 0.3) is 0 Å². The van der Waals surface area contributed by atoms with Crippen molar-refractivity contribution in [2.75, 3.05) is 6.61 Å². The summed E-state index contributed by atoms with van der Waals surface area (Å²) in [5.41, 5.74) is 1.34. The third kappa shape index (κ3) is 1.74. The van der Waals surface area contributed by atoms with Crippen LogP contribution < -0.4 is 0 Å². The monoisotopic (exact) mass is 277 g/mol. The molecule has 3 heteroatoms. The third-order valence-electron chi connectivity index (χ3n) is 4.19. The molecule has 2 heterocycles. The molecule has 104 valence electrons. The first kappa shape index (κ1) is 12.4. The number of amides is 1. The Hall–Kier alpha value is -2.39. The number of benzene rings is 2. The zero-order valence-corrected chi connectivity index (χ0v) is 11.5. The fourth-order valence-corrected chi connectivity index (χ4v) is 3.21. The summed E-state index contributed by atoms with van der Waals surface area (Å²) in [6.45, 7) is 0.509. The maximum atomic E-state index is 12.4. The van der Waals surface area contributed by atoms with Crippen molar-refractivity contribution in [2.45, 2.75) is 11.8 Å². The van der Waals surface area contributed by atoms with Gasteiger partial charge in [0.1, 0.15) is 0 Å². The second-order valence-corrected chi connectivity index (χ2v) is 5.34. The van der Waals surface area contributed by atoms with Gasteiger partial charge in [-0.25, -0.2) is 0 Å². The van der Waals surface area contributed by atoms with E-state index in [0.717, 1.165) is 11.1 Å². The normalized spacial score (nSPS) is 27.1. The molecule has 1 amide bonds. The van der Waals surface area contributed by atoms with E-state index in [0.29, 0.717) is 6.61 Å². The first-order valence-corrected chi connectivity index (χ1v) is 7.08. The lowest BCUT2D eigenvalue weighted by Gasteiger charge is -2.33. The van der Waals surface area contributed by atoms with Crippen LogP contribution in [0.1, 0.15) is 17.2 Å². The summed E-state index contributed by atoms with van der Waals surface area (Å²) in [6, 6.07) is 19.9. The molecule has 0 radical (unpaired) electrons. The minimum Gasteiger partial charge on any atom is -0.345 e. The number of fused-ring (bicyclic) bond motifs is 1. The summed E-state index contributed by atoms with van der Waals surface area (Å²) < 4.78 is 6.11. The van der Waals surface area contributed by atoms with Gasteiger partial charge in [0.15, 0.2) is 5.72 Å². The Morgan fingerprint density at radius 3 is 2.38 bits per heavy atom. The maximum absolute atomic E-state index is 12.4. The molecule has 0 unspecified atom stereocenters. The zero-order chi connectivity index (χ0) is 14.3. The highest BCUT2D eigenvalue weighted by molar-refractivity contribution is 5.92. The highest BCUT2D eigenvalue weighted by atomic mass is 16.5. The van der Waals surface area contributed by atoms with E-state index in [1.165, 1.54) is 0 Å². The van der Waals surface area contributed by atoms with E-state index in [-0.39, 0.29) is 11.9 Å². The van der Waals surface area contributed by atoms with Crippen LogP contribution in [0.3, 0.4) is 0 Å². The summed E-state index contributed by atoms with van der Waals surface area (Å²) in [5, 5.41) is 0. The average Bonchev–Trinajstić information content (AvgIpc) is 3.09. The van der Waals surface area contributed by atoms with Crippen LogP contribution >= 0.6 is 0 Å². The first-order chi connectivity index (χ1) is 10.3. The minimum absolute atomic E-state index is 0.00482. The van der Waals surface area contributed by atoms with Gasteiger partial charge >= 0.3 is 0 Å². The van der Waals surface area contributed by atoms with Crippen LogP contribution in [0.25, 0.3) is 0 Å². The number of carbonyl (C=O) groups excluding carboxylic acids is 1. The molecule has 0 bridgehead atoms. The van der Waals surface area contributed by atoms with E-state index in [2.05, 4.69) is 0 Å². The van der Waals surface area contributed by atoms with Gasteiger partial charge in [-0.1, -0.05) is 60.7 Å². The number of hydrogen-bond acceptors (Lipinski definition) is 2. The molecule has 2 atom stereocenters. The van der Waals surface area contributed by atoms with Crippen molar-refractivity contribution in [3.63, 3.8) is 0 Å². The molecule has 0 aromatic heterocycles. The molecule has 2 aromatic carbocycles. The molecule has 3 nitrogen and oxygen atoms in total. The number of nitrogens with zero attached hydrogens (tertiary/aromatic N) is 1. The van der Waals surface area contributed by atoms with Crippen LogP contribution in [0.4, 0.5) is 0 Å². The minimum atomic E-state index is -0.751. The van der Waals surface area contributed by atoms with Gasteiger partial charge in [-0.05, 0) is 11.6 Å². The van der Waals surface area contributed by atoms with Crippen LogP contribution in [0.5, 0.6) is 0 Å². The van der Waals surface area contributed by atoms with Crippen molar-refractivity contribution in [3.8, 4) is 0 Å². The van der Waals surface area contributed by atoms with Gasteiger partial charge in [0.05, 0.1) is 12.6 Å². The molecule has 1 fully saturated rings. The molecule has 0 saturated carbocycles. The Kier molecular flexibility index (Phi) is 2.69. The van der Waals surface area contributed by atoms with E-state index in [1.807, 2.05) is 71.6 Å². The topological polar surface area (TPSA) is 29.5 Å². The summed E-state index contributed by atoms with van der Waals surface area (Å²) >= 11 is 0. The summed E-state index contributed by atoms with van der Waals surface area (Å²) in [6.07, 6.45) is 3.48. The van der Waals surface area contributed by atoms with Crippen LogP contribution in [-0.2, 0) is 15.3 Å². The molecule has 21 heavy (non-hydrogen) atoms. The van der Waals surface area contributed by atoms with Crippen molar-refractivity contribution in [3.05, 3.63) is 83.9 Å². The maximum Gasteiger partial charge on any atom is 0.249 e. The number of ether oxygens (including phenoxy) is 1. The molecule has 2 aliphatic heterocycles. The van der Waals surface area contributed by atoms with Gasteiger partial charge in [0, 0.05) is 11.6 Å². The summed E-state index contributed by atoms with van der Waals surface area (Å²) in [4.78, 5) is 14.2. The number of hydrogen-bond donors (Lipinski definition) is 0. The fourth-order valence-electron chi connectivity index (χ4n) is 3.21. The lowest BCUT2D eigenvalue weighted by atomic mass is 10.0. The average molecular weight is 277 g/mol. The van der Waals surface area contributed by atoms with Crippen molar-refractivity contribution in [1.82, 2.24) is 4.90 Å². The third-order valence-corrected chi connectivity index (χ3v) is 4.19. The van der Waals surface area contributed by atoms with E-state index >= 15 is 0 Å². The quantitative estimate of drug-likeness (QED) is 0.844. The highest BCUT2D eigenvalue weighted by Gasteiger charge is 2.52. The summed E-state index contributed by atoms with van der Waals surface area (Å²) in [5.74, 6) is 0.00482. The van der Waals surface area contributed by atoms with Crippen molar-refractivity contribution in [2.24, 2.45) is 0 Å². The molecular formula is C18H15NO2. The standard InChI is InChI=1S/C18H15NO2/c20-17-11-12-18(15-9-5-2-6-10-15)19(17)16(13-21-18)14-7-3-1-4-8-14/h1-12,16H,13H2/t16-,18-/m0/s1. The van der Waals surface area contributed by atoms with Gasteiger partial charge < -0.3 is 4.74 Å². The molecular weight excluding hydrogens is 262 g/mol. The van der Waals surface area contributed by atoms with Gasteiger partial charge in [-0.15, -0.1) is 0 Å². The largest absolute Gasteiger partial charge is 0.345 e. The highest BCUT2D eigenvalue weighted by Crippen LogP contribution is 2.47. The van der Waals surface area contributed by atoms with Crippen LogP contribution in [0, 0.1) is 0 Å². The molecule has 1 saturated heterocycles. The predicted octanol–water partition coefficient (Wildman–Crippen LogP) is 3.01. The predicted molar refractivity (Wildman–Crippen MR) is 79.2 cm³/mol.